The van der Waals surface area contributed by atoms with Gasteiger partial charge in [0.2, 0.25) is 0 Å². The number of likely N-dealkylation sites (tertiary alicyclic amines) is 2. The van der Waals surface area contributed by atoms with Gasteiger partial charge in [0.05, 0.1) is 6.54 Å². The second-order valence-corrected chi connectivity index (χ2v) is 7.80. The second-order valence-electron chi connectivity index (χ2n) is 7.80. The normalized spacial score (nSPS) is 28.1. The topological polar surface area (TPSA) is 61.6 Å². The van der Waals surface area contributed by atoms with E-state index in [1.807, 2.05) is 25.6 Å². The summed E-state index contributed by atoms with van der Waals surface area (Å²) >= 11 is 0. The summed E-state index contributed by atoms with van der Waals surface area (Å²) in [6.07, 6.45) is 6.84. The van der Waals surface area contributed by atoms with Crippen LogP contribution >= 0.6 is 0 Å². The van der Waals surface area contributed by atoms with E-state index in [-0.39, 0.29) is 0 Å². The van der Waals surface area contributed by atoms with Crippen LogP contribution in [-0.2, 0) is 13.6 Å². The summed E-state index contributed by atoms with van der Waals surface area (Å²) in [7, 11) is 3.89. The highest BCUT2D eigenvalue weighted by atomic mass is 15.3. The molecule has 1 aromatic heterocycles. The van der Waals surface area contributed by atoms with Gasteiger partial charge in [0, 0.05) is 39.3 Å². The smallest absolute Gasteiger partial charge is 0.194 e. The Morgan fingerprint density at radius 3 is 2.72 bits per heavy atom. The highest BCUT2D eigenvalue weighted by molar-refractivity contribution is 5.79. The predicted molar refractivity (Wildman–Crippen MR) is 98.4 cm³/mol. The first-order chi connectivity index (χ1) is 12.2. The van der Waals surface area contributed by atoms with Crippen LogP contribution < -0.4 is 5.32 Å². The fourth-order valence-electron chi connectivity index (χ4n) is 4.59. The molecule has 0 bridgehead atoms. The summed E-state index contributed by atoms with van der Waals surface area (Å²) in [6.45, 7) is 6.20. The molecule has 2 unspecified atom stereocenters. The van der Waals surface area contributed by atoms with Crippen LogP contribution in [0, 0.1) is 12.8 Å². The number of piperidine rings is 2. The quantitative estimate of drug-likeness (QED) is 0.658. The van der Waals surface area contributed by atoms with Crippen molar-refractivity contribution in [3.8, 4) is 0 Å². The molecule has 0 aromatic carbocycles. The van der Waals surface area contributed by atoms with Crippen molar-refractivity contribution < 1.29 is 0 Å². The maximum Gasteiger partial charge on any atom is 0.194 e. The van der Waals surface area contributed by atoms with Crippen molar-refractivity contribution in [3.63, 3.8) is 0 Å². The van der Waals surface area contributed by atoms with E-state index in [0.717, 1.165) is 48.7 Å². The van der Waals surface area contributed by atoms with Gasteiger partial charge in [-0.15, -0.1) is 10.2 Å². The van der Waals surface area contributed by atoms with Gasteiger partial charge in [-0.25, -0.2) is 0 Å². The monoisotopic (exact) mass is 345 g/mol. The van der Waals surface area contributed by atoms with E-state index in [1.54, 1.807) is 0 Å². The zero-order chi connectivity index (χ0) is 17.4. The summed E-state index contributed by atoms with van der Waals surface area (Å²) < 4.78 is 2.03. The lowest BCUT2D eigenvalue weighted by molar-refractivity contribution is 0.0369. The molecular weight excluding hydrogens is 314 g/mol. The third-order valence-electron chi connectivity index (χ3n) is 6.23. The van der Waals surface area contributed by atoms with Gasteiger partial charge >= 0.3 is 0 Å². The van der Waals surface area contributed by atoms with Crippen molar-refractivity contribution in [2.75, 3.05) is 26.7 Å². The molecule has 7 nitrogen and oxygen atoms in total. The summed E-state index contributed by atoms with van der Waals surface area (Å²) in [6, 6.07) is 1.70. The number of rotatable bonds is 3. The molecule has 25 heavy (non-hydrogen) atoms. The highest BCUT2D eigenvalue weighted by Gasteiger charge is 2.42. The maximum atomic E-state index is 4.53. The van der Waals surface area contributed by atoms with Crippen LogP contribution in [0.5, 0.6) is 0 Å². The van der Waals surface area contributed by atoms with E-state index in [0.29, 0.717) is 6.54 Å². The third-order valence-corrected chi connectivity index (χ3v) is 6.23. The fourth-order valence-corrected chi connectivity index (χ4v) is 4.59. The Morgan fingerprint density at radius 1 is 1.20 bits per heavy atom. The number of hydrogen-bond acceptors (Lipinski definition) is 4. The van der Waals surface area contributed by atoms with Crippen molar-refractivity contribution in [1.29, 1.82) is 0 Å². The standard InChI is InChI=1S/C18H31N7/c1-13-21-22-17(23(13)3)11-20-18(19-2)24-10-8-16-14(12-24)5-4-9-25(16)15-6-7-15/h14-16H,4-12H2,1-3H3,(H,19,20). The molecule has 3 fully saturated rings. The summed E-state index contributed by atoms with van der Waals surface area (Å²) in [5.74, 6) is 3.68. The number of guanidine groups is 1. The molecule has 138 valence electrons. The van der Waals surface area contributed by atoms with Gasteiger partial charge in [-0.05, 0) is 51.5 Å². The Balaban J connectivity index is 1.37. The van der Waals surface area contributed by atoms with Crippen molar-refractivity contribution >= 4 is 5.96 Å². The second kappa shape index (κ2) is 6.94. The van der Waals surface area contributed by atoms with E-state index in [2.05, 4.69) is 30.3 Å². The number of aromatic nitrogens is 3. The number of aryl methyl sites for hydroxylation is 1. The number of aliphatic imine (C=N–C) groups is 1. The largest absolute Gasteiger partial charge is 0.349 e. The zero-order valence-electron chi connectivity index (χ0n) is 15.8. The molecule has 1 aromatic rings. The summed E-state index contributed by atoms with van der Waals surface area (Å²) in [5.41, 5.74) is 0. The molecule has 7 heteroatoms. The SMILES string of the molecule is CN=C(NCc1nnc(C)n1C)N1CCC2C(CCCN2C2CC2)C1. The first kappa shape index (κ1) is 16.8. The molecule has 1 saturated carbocycles. The van der Waals surface area contributed by atoms with Crippen LogP contribution in [0.2, 0.25) is 0 Å². The Kier molecular flexibility index (Phi) is 4.67. The van der Waals surface area contributed by atoms with Gasteiger partial charge in [-0.2, -0.15) is 0 Å². The van der Waals surface area contributed by atoms with E-state index in [9.17, 15) is 0 Å². The molecule has 2 aliphatic heterocycles. The minimum Gasteiger partial charge on any atom is -0.349 e. The van der Waals surface area contributed by atoms with Gasteiger partial charge in [-0.1, -0.05) is 0 Å². The van der Waals surface area contributed by atoms with Gasteiger partial charge < -0.3 is 14.8 Å². The average molecular weight is 345 g/mol. The Morgan fingerprint density at radius 2 is 2.04 bits per heavy atom. The first-order valence-electron chi connectivity index (χ1n) is 9.73. The third kappa shape index (κ3) is 3.38. The fraction of sp³-hybridized carbons (Fsp3) is 0.833. The molecule has 1 aliphatic carbocycles. The summed E-state index contributed by atoms with van der Waals surface area (Å²) in [5, 5.41) is 11.9. The van der Waals surface area contributed by atoms with E-state index < -0.39 is 0 Å². The number of nitrogens with zero attached hydrogens (tertiary/aromatic N) is 6. The zero-order valence-corrected chi connectivity index (χ0v) is 15.8. The van der Waals surface area contributed by atoms with E-state index >= 15 is 0 Å². The number of fused-ring (bicyclic) bond motifs is 1. The Labute approximate surface area is 150 Å². The minimum atomic E-state index is 0.669. The number of hydrogen-bond donors (Lipinski definition) is 1. The van der Waals surface area contributed by atoms with Crippen LogP contribution in [0.4, 0.5) is 0 Å². The molecule has 4 rings (SSSR count). The van der Waals surface area contributed by atoms with Crippen molar-refractivity contribution in [3.05, 3.63) is 11.6 Å². The Bertz CT molecular complexity index is 633. The molecule has 0 amide bonds. The van der Waals surface area contributed by atoms with Crippen LogP contribution in [0.25, 0.3) is 0 Å². The molecule has 1 N–H and O–H groups in total. The predicted octanol–water partition coefficient (Wildman–Crippen LogP) is 1.15. The van der Waals surface area contributed by atoms with Crippen molar-refractivity contribution in [2.24, 2.45) is 18.0 Å². The van der Waals surface area contributed by atoms with Crippen molar-refractivity contribution in [1.82, 2.24) is 29.9 Å². The first-order valence-corrected chi connectivity index (χ1v) is 9.73. The number of nitrogens with one attached hydrogen (secondary N) is 1. The minimum absolute atomic E-state index is 0.669. The van der Waals surface area contributed by atoms with Gasteiger partial charge in [0.1, 0.15) is 5.82 Å². The van der Waals surface area contributed by atoms with Crippen LogP contribution in [0.15, 0.2) is 4.99 Å². The Hall–Kier alpha value is -1.63. The molecule has 3 aliphatic rings. The van der Waals surface area contributed by atoms with Crippen molar-refractivity contribution in [2.45, 2.75) is 57.7 Å². The lowest BCUT2D eigenvalue weighted by atomic mass is 9.83. The molecule has 0 spiro atoms. The molecule has 3 heterocycles. The average Bonchev–Trinajstić information content (AvgIpc) is 3.43. The lowest BCUT2D eigenvalue weighted by Gasteiger charge is -2.48. The summed E-state index contributed by atoms with van der Waals surface area (Å²) in [4.78, 5) is 9.80. The molecule has 2 saturated heterocycles. The van der Waals surface area contributed by atoms with Gasteiger partial charge in [0.25, 0.3) is 0 Å². The highest BCUT2D eigenvalue weighted by Crippen LogP contribution is 2.38. The van der Waals surface area contributed by atoms with E-state index in [4.69, 9.17) is 0 Å². The van der Waals surface area contributed by atoms with Crippen LogP contribution in [0.3, 0.4) is 0 Å². The van der Waals surface area contributed by atoms with Gasteiger partial charge in [-0.3, -0.25) is 9.89 Å². The molecular formula is C18H31N7. The van der Waals surface area contributed by atoms with Crippen LogP contribution in [0.1, 0.15) is 43.8 Å². The maximum absolute atomic E-state index is 4.53. The van der Waals surface area contributed by atoms with E-state index in [1.165, 1.54) is 38.6 Å². The molecule has 0 radical (unpaired) electrons. The lowest BCUT2D eigenvalue weighted by Crippen LogP contribution is -2.57. The van der Waals surface area contributed by atoms with Crippen LogP contribution in [-0.4, -0.2) is 69.3 Å². The molecule has 2 atom stereocenters. The van der Waals surface area contributed by atoms with Gasteiger partial charge in [0.15, 0.2) is 11.8 Å².